The van der Waals surface area contributed by atoms with Gasteiger partial charge < -0.3 is 15.5 Å². The average molecular weight is 323 g/mol. The fourth-order valence-electron chi connectivity index (χ4n) is 3.12. The van der Waals surface area contributed by atoms with Gasteiger partial charge in [0.2, 0.25) is 5.52 Å². The number of para-hydroxylation sites is 1. The zero-order valence-corrected chi connectivity index (χ0v) is 14.3. The summed E-state index contributed by atoms with van der Waals surface area (Å²) in [4.78, 5) is 4.40. The molecule has 0 radical (unpaired) electrons. The average Bonchev–Trinajstić information content (AvgIpc) is 2.98. The maximum Gasteiger partial charge on any atom is 0.266 e. The molecule has 0 saturated heterocycles. The molecule has 5 heteroatoms. The zero-order valence-electron chi connectivity index (χ0n) is 13.4. The molecular formula is C18H19N4S+. The molecule has 0 spiro atoms. The molecule has 2 aromatic carbocycles. The van der Waals surface area contributed by atoms with Gasteiger partial charge in [-0.25, -0.2) is 0 Å². The number of nitrogens with two attached hydrogens (primary N) is 1. The molecule has 23 heavy (non-hydrogen) atoms. The number of aryl methyl sites for hydroxylation is 1. The quantitative estimate of drug-likeness (QED) is 0.552. The van der Waals surface area contributed by atoms with E-state index in [-0.39, 0.29) is 0 Å². The van der Waals surface area contributed by atoms with Crippen molar-refractivity contribution in [2.45, 2.75) is 0 Å². The van der Waals surface area contributed by atoms with Gasteiger partial charge in [0.1, 0.15) is 17.6 Å². The van der Waals surface area contributed by atoms with Crippen LogP contribution in [0.1, 0.15) is 5.01 Å². The molecule has 0 atom stereocenters. The summed E-state index contributed by atoms with van der Waals surface area (Å²) in [5.41, 5.74) is 10.3. The third kappa shape index (κ3) is 2.08. The number of benzene rings is 2. The second-order valence-corrected chi connectivity index (χ2v) is 6.90. The van der Waals surface area contributed by atoms with Gasteiger partial charge in [0.05, 0.1) is 17.5 Å². The smallest absolute Gasteiger partial charge is 0.266 e. The van der Waals surface area contributed by atoms with Crippen molar-refractivity contribution in [2.24, 2.45) is 7.05 Å². The number of hydrogen-bond acceptors (Lipinski definition) is 4. The molecule has 2 heterocycles. The molecule has 3 aromatic rings. The number of anilines is 3. The minimum absolute atomic E-state index is 0.790. The second kappa shape index (κ2) is 4.99. The molecular weight excluding hydrogens is 304 g/mol. The molecule has 0 aliphatic carbocycles. The molecule has 4 nitrogen and oxygen atoms in total. The monoisotopic (exact) mass is 323 g/mol. The Labute approximate surface area is 139 Å². The maximum atomic E-state index is 5.94. The Kier molecular flexibility index (Phi) is 3.06. The van der Waals surface area contributed by atoms with Crippen molar-refractivity contribution in [3.05, 3.63) is 53.3 Å². The van der Waals surface area contributed by atoms with Gasteiger partial charge in [-0.15, -0.1) is 0 Å². The van der Waals surface area contributed by atoms with Crippen molar-refractivity contribution in [2.75, 3.05) is 29.6 Å². The summed E-state index contributed by atoms with van der Waals surface area (Å²) in [6.07, 6.45) is 2.24. The van der Waals surface area contributed by atoms with Gasteiger partial charge in [-0.05, 0) is 24.3 Å². The fourth-order valence-corrected chi connectivity index (χ4v) is 4.20. The SMILES string of the molecule is CN1/C(=C\c2sc3ccccc3[n+]2C)N(C)c2cc(N)ccc21. The van der Waals surface area contributed by atoms with Gasteiger partial charge in [-0.1, -0.05) is 23.5 Å². The minimum atomic E-state index is 0.790. The van der Waals surface area contributed by atoms with Crippen LogP contribution in [-0.2, 0) is 7.05 Å². The van der Waals surface area contributed by atoms with E-state index in [2.05, 4.69) is 71.9 Å². The number of nitrogens with zero attached hydrogens (tertiary/aromatic N) is 3. The second-order valence-electron chi connectivity index (χ2n) is 5.84. The number of hydrogen-bond donors (Lipinski definition) is 1. The van der Waals surface area contributed by atoms with Crippen LogP contribution in [0.2, 0.25) is 0 Å². The van der Waals surface area contributed by atoms with E-state index in [1.54, 1.807) is 11.3 Å². The Bertz CT molecular complexity index is 941. The van der Waals surface area contributed by atoms with E-state index in [1.165, 1.54) is 20.9 Å². The number of fused-ring (bicyclic) bond motifs is 2. The van der Waals surface area contributed by atoms with Crippen LogP contribution in [0.15, 0.2) is 48.3 Å². The third-order valence-electron chi connectivity index (χ3n) is 4.43. The third-order valence-corrected chi connectivity index (χ3v) is 5.60. The molecule has 1 aromatic heterocycles. The van der Waals surface area contributed by atoms with Gasteiger partial charge in [0.25, 0.3) is 5.01 Å². The Morgan fingerprint density at radius 2 is 1.78 bits per heavy atom. The van der Waals surface area contributed by atoms with Crippen LogP contribution in [0.3, 0.4) is 0 Å². The van der Waals surface area contributed by atoms with Crippen LogP contribution in [0.25, 0.3) is 16.3 Å². The minimum Gasteiger partial charge on any atom is -0.399 e. The molecule has 0 fully saturated rings. The number of nitrogen functional groups attached to an aromatic ring is 1. The van der Waals surface area contributed by atoms with E-state index in [0.717, 1.165) is 17.2 Å². The first kappa shape index (κ1) is 14.1. The van der Waals surface area contributed by atoms with E-state index in [9.17, 15) is 0 Å². The molecule has 1 aliphatic rings. The van der Waals surface area contributed by atoms with Gasteiger partial charge >= 0.3 is 0 Å². The molecule has 2 N–H and O–H groups in total. The molecule has 0 bridgehead atoms. The van der Waals surface area contributed by atoms with Crippen molar-refractivity contribution in [1.82, 2.24) is 0 Å². The Morgan fingerprint density at radius 3 is 2.57 bits per heavy atom. The molecule has 0 saturated carbocycles. The first-order valence-corrected chi connectivity index (χ1v) is 8.34. The number of aromatic nitrogens is 1. The topological polar surface area (TPSA) is 36.4 Å². The van der Waals surface area contributed by atoms with E-state index < -0.39 is 0 Å². The molecule has 4 rings (SSSR count). The summed E-state index contributed by atoms with van der Waals surface area (Å²) in [5.74, 6) is 1.15. The predicted octanol–water partition coefficient (Wildman–Crippen LogP) is 3.19. The van der Waals surface area contributed by atoms with Crippen LogP contribution in [0.5, 0.6) is 0 Å². The lowest BCUT2D eigenvalue weighted by Gasteiger charge is -2.17. The van der Waals surface area contributed by atoms with Crippen molar-refractivity contribution >= 4 is 44.7 Å². The van der Waals surface area contributed by atoms with Crippen molar-refractivity contribution in [3.8, 4) is 0 Å². The zero-order chi connectivity index (χ0) is 16.1. The van der Waals surface area contributed by atoms with E-state index in [1.807, 2.05) is 12.1 Å². The predicted molar refractivity (Wildman–Crippen MR) is 98.6 cm³/mol. The van der Waals surface area contributed by atoms with Crippen LogP contribution in [-0.4, -0.2) is 14.1 Å². The summed E-state index contributed by atoms with van der Waals surface area (Å²) < 4.78 is 3.54. The number of thiazole rings is 1. The van der Waals surface area contributed by atoms with Gasteiger partial charge in [-0.2, -0.15) is 4.57 Å². The van der Waals surface area contributed by atoms with Crippen LogP contribution >= 0.6 is 11.3 Å². The van der Waals surface area contributed by atoms with E-state index >= 15 is 0 Å². The lowest BCUT2D eigenvalue weighted by atomic mass is 10.2. The molecule has 0 unspecified atom stereocenters. The highest BCUT2D eigenvalue weighted by atomic mass is 32.1. The van der Waals surface area contributed by atoms with Gasteiger partial charge in [-0.3, -0.25) is 0 Å². The summed E-state index contributed by atoms with van der Waals surface area (Å²) in [6.45, 7) is 0. The lowest BCUT2D eigenvalue weighted by Crippen LogP contribution is -2.30. The first-order valence-electron chi connectivity index (χ1n) is 7.52. The Balaban J connectivity index is 1.84. The maximum absolute atomic E-state index is 5.94. The number of rotatable bonds is 1. The first-order chi connectivity index (χ1) is 11.1. The van der Waals surface area contributed by atoms with Crippen molar-refractivity contribution in [1.29, 1.82) is 0 Å². The summed E-state index contributed by atoms with van der Waals surface area (Å²) in [7, 11) is 6.30. The Hall–Kier alpha value is -2.53. The highest BCUT2D eigenvalue weighted by Crippen LogP contribution is 2.41. The summed E-state index contributed by atoms with van der Waals surface area (Å²) >= 11 is 1.81. The summed E-state index contributed by atoms with van der Waals surface area (Å²) in [6, 6.07) is 14.5. The molecule has 116 valence electrons. The lowest BCUT2D eigenvalue weighted by molar-refractivity contribution is -0.642. The van der Waals surface area contributed by atoms with Crippen LogP contribution in [0.4, 0.5) is 17.1 Å². The van der Waals surface area contributed by atoms with Gasteiger partial charge in [0, 0.05) is 25.8 Å². The van der Waals surface area contributed by atoms with E-state index in [0.29, 0.717) is 0 Å². The fraction of sp³-hybridized carbons (Fsp3) is 0.167. The van der Waals surface area contributed by atoms with Crippen LogP contribution in [0, 0.1) is 0 Å². The van der Waals surface area contributed by atoms with Crippen molar-refractivity contribution in [3.63, 3.8) is 0 Å². The largest absolute Gasteiger partial charge is 0.399 e. The Morgan fingerprint density at radius 1 is 1.04 bits per heavy atom. The standard InChI is InChI=1S/C18H19N4S/c1-20-13-9-8-12(19)10-15(13)21(2)17(20)11-18-22(3)14-6-4-5-7-16(14)23-18/h4-11H,19H2,1-3H3/q+1. The molecule has 0 amide bonds. The molecule has 1 aliphatic heterocycles. The highest BCUT2D eigenvalue weighted by Gasteiger charge is 2.28. The van der Waals surface area contributed by atoms with Crippen LogP contribution < -0.4 is 20.1 Å². The van der Waals surface area contributed by atoms with E-state index in [4.69, 9.17) is 5.73 Å². The summed E-state index contributed by atoms with van der Waals surface area (Å²) in [5, 5.41) is 1.22. The van der Waals surface area contributed by atoms with Crippen molar-refractivity contribution < 1.29 is 4.57 Å². The van der Waals surface area contributed by atoms with Gasteiger partial charge in [0.15, 0.2) is 0 Å². The highest BCUT2D eigenvalue weighted by molar-refractivity contribution is 7.18. The normalized spacial score (nSPS) is 15.7.